The number of benzene rings is 1. The molecule has 0 radical (unpaired) electrons. The van der Waals surface area contributed by atoms with Crippen LogP contribution in [0.4, 0.5) is 13.2 Å². The average Bonchev–Trinajstić information content (AvgIpc) is 2.54. The highest BCUT2D eigenvalue weighted by Gasteiger charge is 2.30. The molecule has 0 bridgehead atoms. The number of piperidine rings is 1. The van der Waals surface area contributed by atoms with Crippen LogP contribution < -0.4 is 4.72 Å². The van der Waals surface area contributed by atoms with Crippen molar-refractivity contribution in [3.63, 3.8) is 0 Å². The number of rotatable bonds is 6. The molecule has 1 fully saturated rings. The summed E-state index contributed by atoms with van der Waals surface area (Å²) in [6.45, 7) is 5.43. The first kappa shape index (κ1) is 19.2. The van der Waals surface area contributed by atoms with Crippen molar-refractivity contribution in [2.45, 2.75) is 37.3 Å². The molecule has 0 unspecified atom stereocenters. The quantitative estimate of drug-likeness (QED) is 0.844. The van der Waals surface area contributed by atoms with Gasteiger partial charge in [-0.15, -0.1) is 0 Å². The lowest BCUT2D eigenvalue weighted by molar-refractivity contribution is -0.137. The van der Waals surface area contributed by atoms with E-state index in [0.29, 0.717) is 6.54 Å². The standard InChI is InChI=1S/C16H23F3N2O2S/c1-2-9-21-10-7-13(8-11-21)12-20-24(22,23)15-5-3-14(4-6-15)16(17,18)19/h3-6,13,20H,2,7-12H2,1H3. The first-order valence-electron chi connectivity index (χ1n) is 8.11. The fourth-order valence-electron chi connectivity index (χ4n) is 2.86. The number of nitrogens with zero attached hydrogens (tertiary/aromatic N) is 1. The summed E-state index contributed by atoms with van der Waals surface area (Å²) < 4.78 is 64.5. The number of likely N-dealkylation sites (tertiary alicyclic amines) is 1. The minimum absolute atomic E-state index is 0.140. The third kappa shape index (κ3) is 5.19. The van der Waals surface area contributed by atoms with Crippen molar-refractivity contribution >= 4 is 10.0 Å². The minimum atomic E-state index is -4.47. The van der Waals surface area contributed by atoms with Gasteiger partial charge in [-0.3, -0.25) is 0 Å². The molecule has 8 heteroatoms. The summed E-state index contributed by atoms with van der Waals surface area (Å²) in [5, 5.41) is 0. The lowest BCUT2D eigenvalue weighted by Gasteiger charge is -2.31. The summed E-state index contributed by atoms with van der Waals surface area (Å²) >= 11 is 0. The van der Waals surface area contributed by atoms with Crippen LogP contribution in [0.15, 0.2) is 29.2 Å². The number of hydrogen-bond donors (Lipinski definition) is 1. The van der Waals surface area contributed by atoms with E-state index in [0.717, 1.165) is 63.2 Å². The van der Waals surface area contributed by atoms with Gasteiger partial charge in [0, 0.05) is 6.54 Å². The summed E-state index contributed by atoms with van der Waals surface area (Å²) in [7, 11) is -3.78. The Balaban J connectivity index is 1.90. The molecule has 0 aromatic heterocycles. The van der Waals surface area contributed by atoms with E-state index in [1.54, 1.807) is 0 Å². The molecule has 1 aliphatic rings. The Morgan fingerprint density at radius 2 is 1.75 bits per heavy atom. The summed E-state index contributed by atoms with van der Waals surface area (Å²) in [4.78, 5) is 2.22. The normalized spacial score (nSPS) is 18.0. The Kier molecular flexibility index (Phi) is 6.28. The average molecular weight is 364 g/mol. The smallest absolute Gasteiger partial charge is 0.303 e. The van der Waals surface area contributed by atoms with Gasteiger partial charge in [0.25, 0.3) is 0 Å². The Morgan fingerprint density at radius 3 is 2.25 bits per heavy atom. The molecule has 1 aromatic carbocycles. The highest BCUT2D eigenvalue weighted by atomic mass is 32.2. The van der Waals surface area contributed by atoms with Gasteiger partial charge in [-0.25, -0.2) is 13.1 Å². The molecule has 0 spiro atoms. The molecular weight excluding hydrogens is 341 g/mol. The zero-order valence-electron chi connectivity index (χ0n) is 13.6. The third-order valence-corrected chi connectivity index (χ3v) is 5.74. The maximum atomic E-state index is 12.5. The van der Waals surface area contributed by atoms with E-state index in [4.69, 9.17) is 0 Å². The SMILES string of the molecule is CCCN1CCC(CNS(=O)(=O)c2ccc(C(F)(F)F)cc2)CC1. The van der Waals surface area contributed by atoms with Crippen LogP contribution in [0, 0.1) is 5.92 Å². The molecule has 4 nitrogen and oxygen atoms in total. The van der Waals surface area contributed by atoms with Crippen molar-refractivity contribution in [1.82, 2.24) is 9.62 Å². The van der Waals surface area contributed by atoms with Gasteiger partial charge in [0.2, 0.25) is 10.0 Å². The first-order valence-corrected chi connectivity index (χ1v) is 9.60. The molecular formula is C16H23F3N2O2S. The van der Waals surface area contributed by atoms with Gasteiger partial charge in [0.15, 0.2) is 0 Å². The largest absolute Gasteiger partial charge is 0.416 e. The Hall–Kier alpha value is -1.12. The van der Waals surface area contributed by atoms with Crippen LogP contribution in [-0.4, -0.2) is 39.5 Å². The van der Waals surface area contributed by atoms with Crippen LogP contribution >= 0.6 is 0 Å². The Morgan fingerprint density at radius 1 is 1.17 bits per heavy atom. The van der Waals surface area contributed by atoms with Crippen LogP contribution in [0.25, 0.3) is 0 Å². The molecule has 2 rings (SSSR count). The predicted octanol–water partition coefficient (Wildman–Crippen LogP) is 3.11. The maximum Gasteiger partial charge on any atom is 0.416 e. The van der Waals surface area contributed by atoms with Gasteiger partial charge < -0.3 is 4.90 Å². The first-order chi connectivity index (χ1) is 11.2. The monoisotopic (exact) mass is 364 g/mol. The van der Waals surface area contributed by atoms with E-state index in [-0.39, 0.29) is 10.8 Å². The van der Waals surface area contributed by atoms with E-state index in [1.165, 1.54) is 0 Å². The molecule has 1 heterocycles. The molecule has 0 amide bonds. The summed E-state index contributed by atoms with van der Waals surface area (Å²) in [6, 6.07) is 3.57. The molecule has 1 aliphatic heterocycles. The lowest BCUT2D eigenvalue weighted by atomic mass is 9.97. The molecule has 0 aliphatic carbocycles. The van der Waals surface area contributed by atoms with E-state index in [2.05, 4.69) is 16.5 Å². The minimum Gasteiger partial charge on any atom is -0.303 e. The van der Waals surface area contributed by atoms with Crippen LogP contribution in [0.5, 0.6) is 0 Å². The molecule has 136 valence electrons. The third-order valence-electron chi connectivity index (χ3n) is 4.30. The van der Waals surface area contributed by atoms with Crippen molar-refractivity contribution in [2.24, 2.45) is 5.92 Å². The Bertz CT molecular complexity index is 622. The van der Waals surface area contributed by atoms with Gasteiger partial charge in [-0.2, -0.15) is 13.2 Å². The van der Waals surface area contributed by atoms with Gasteiger partial charge in [0.05, 0.1) is 10.5 Å². The summed E-state index contributed by atoms with van der Waals surface area (Å²) in [5.74, 6) is 0.266. The van der Waals surface area contributed by atoms with Crippen molar-refractivity contribution in [1.29, 1.82) is 0 Å². The van der Waals surface area contributed by atoms with Gasteiger partial charge in [-0.1, -0.05) is 6.92 Å². The molecule has 1 saturated heterocycles. The Labute approximate surface area is 141 Å². The number of hydrogen-bond acceptors (Lipinski definition) is 3. The molecule has 0 atom stereocenters. The van der Waals surface area contributed by atoms with Gasteiger partial charge in [0.1, 0.15) is 0 Å². The molecule has 0 saturated carbocycles. The number of nitrogens with one attached hydrogen (secondary N) is 1. The zero-order chi connectivity index (χ0) is 17.8. The van der Waals surface area contributed by atoms with Gasteiger partial charge >= 0.3 is 6.18 Å². The van der Waals surface area contributed by atoms with Crippen molar-refractivity contribution in [3.8, 4) is 0 Å². The van der Waals surface area contributed by atoms with Crippen LogP contribution in [0.1, 0.15) is 31.7 Å². The highest BCUT2D eigenvalue weighted by Crippen LogP contribution is 2.29. The second kappa shape index (κ2) is 7.84. The number of sulfonamides is 1. The number of alkyl halides is 3. The second-order valence-corrected chi connectivity index (χ2v) is 7.93. The van der Waals surface area contributed by atoms with Crippen molar-refractivity contribution in [2.75, 3.05) is 26.2 Å². The van der Waals surface area contributed by atoms with Crippen LogP contribution in [0.3, 0.4) is 0 Å². The fourth-order valence-corrected chi connectivity index (χ4v) is 3.98. The van der Waals surface area contributed by atoms with E-state index in [9.17, 15) is 21.6 Å². The molecule has 24 heavy (non-hydrogen) atoms. The van der Waals surface area contributed by atoms with Crippen molar-refractivity contribution < 1.29 is 21.6 Å². The predicted molar refractivity (Wildman–Crippen MR) is 86.1 cm³/mol. The number of halogens is 3. The van der Waals surface area contributed by atoms with E-state index in [1.807, 2.05) is 0 Å². The topological polar surface area (TPSA) is 49.4 Å². The lowest BCUT2D eigenvalue weighted by Crippen LogP contribution is -2.38. The summed E-state index contributed by atoms with van der Waals surface area (Å²) in [6.07, 6.45) is -1.52. The highest BCUT2D eigenvalue weighted by molar-refractivity contribution is 7.89. The zero-order valence-corrected chi connectivity index (χ0v) is 14.5. The summed E-state index contributed by atoms with van der Waals surface area (Å²) in [5.41, 5.74) is -0.857. The van der Waals surface area contributed by atoms with E-state index >= 15 is 0 Å². The molecule has 1 N–H and O–H groups in total. The van der Waals surface area contributed by atoms with Crippen LogP contribution in [0.2, 0.25) is 0 Å². The van der Waals surface area contributed by atoms with Crippen molar-refractivity contribution in [3.05, 3.63) is 29.8 Å². The van der Waals surface area contributed by atoms with Crippen LogP contribution in [-0.2, 0) is 16.2 Å². The second-order valence-electron chi connectivity index (χ2n) is 6.16. The maximum absolute atomic E-state index is 12.5. The van der Waals surface area contributed by atoms with Gasteiger partial charge in [-0.05, 0) is 69.1 Å². The van der Waals surface area contributed by atoms with E-state index < -0.39 is 21.8 Å². The fraction of sp³-hybridized carbons (Fsp3) is 0.625. The molecule has 1 aromatic rings.